The Morgan fingerprint density at radius 3 is 2.50 bits per heavy atom. The molecular weight excluding hydrogens is 374 g/mol. The molecular formula is C24H19N5O. The lowest BCUT2D eigenvalue weighted by molar-refractivity contribution is 0.483. The SMILES string of the molecule is Nc1cccc(-c2cc3c(Nc4cccc(Oc5ccccc5)c4)ncnc3[nH]2)c1. The van der Waals surface area contributed by atoms with Crippen LogP contribution < -0.4 is 15.8 Å². The Morgan fingerprint density at radius 2 is 1.63 bits per heavy atom. The molecule has 0 aliphatic carbocycles. The third-order valence-corrected chi connectivity index (χ3v) is 4.70. The smallest absolute Gasteiger partial charge is 0.143 e. The molecule has 5 rings (SSSR count). The number of nitrogens with two attached hydrogens (primary N) is 1. The zero-order valence-corrected chi connectivity index (χ0v) is 16.0. The highest BCUT2D eigenvalue weighted by atomic mass is 16.5. The van der Waals surface area contributed by atoms with Gasteiger partial charge in [-0.25, -0.2) is 9.97 Å². The molecule has 0 unspecified atom stereocenters. The Morgan fingerprint density at radius 1 is 0.800 bits per heavy atom. The fraction of sp³-hybridized carbons (Fsp3) is 0. The zero-order valence-electron chi connectivity index (χ0n) is 16.0. The minimum Gasteiger partial charge on any atom is -0.457 e. The van der Waals surface area contributed by atoms with Crippen molar-refractivity contribution in [2.45, 2.75) is 0 Å². The Kier molecular flexibility index (Phi) is 4.50. The number of para-hydroxylation sites is 1. The Bertz CT molecular complexity index is 1310. The van der Waals surface area contributed by atoms with Crippen molar-refractivity contribution in [3.05, 3.63) is 91.3 Å². The average molecular weight is 393 g/mol. The second kappa shape index (κ2) is 7.60. The number of ether oxygens (including phenoxy) is 1. The minimum atomic E-state index is 0.711. The first kappa shape index (κ1) is 17.8. The summed E-state index contributed by atoms with van der Waals surface area (Å²) < 4.78 is 5.93. The van der Waals surface area contributed by atoms with Gasteiger partial charge >= 0.3 is 0 Å². The molecule has 30 heavy (non-hydrogen) atoms. The van der Waals surface area contributed by atoms with Crippen LogP contribution in [0.5, 0.6) is 11.5 Å². The molecule has 4 N–H and O–H groups in total. The fourth-order valence-corrected chi connectivity index (χ4v) is 3.30. The third-order valence-electron chi connectivity index (χ3n) is 4.70. The van der Waals surface area contributed by atoms with E-state index in [2.05, 4.69) is 20.3 Å². The van der Waals surface area contributed by atoms with E-state index in [4.69, 9.17) is 10.5 Å². The van der Waals surface area contributed by atoms with Crippen molar-refractivity contribution < 1.29 is 4.74 Å². The van der Waals surface area contributed by atoms with Crippen molar-refractivity contribution in [3.8, 4) is 22.8 Å². The number of fused-ring (bicyclic) bond motifs is 1. The van der Waals surface area contributed by atoms with Crippen molar-refractivity contribution in [1.82, 2.24) is 15.0 Å². The molecule has 0 fully saturated rings. The second-order valence-corrected chi connectivity index (χ2v) is 6.86. The summed E-state index contributed by atoms with van der Waals surface area (Å²) in [4.78, 5) is 12.1. The molecule has 6 heteroatoms. The van der Waals surface area contributed by atoms with Crippen LogP contribution in [0.15, 0.2) is 91.3 Å². The van der Waals surface area contributed by atoms with Crippen LogP contribution in [0.3, 0.4) is 0 Å². The van der Waals surface area contributed by atoms with Gasteiger partial charge in [0.2, 0.25) is 0 Å². The number of aromatic nitrogens is 3. The molecule has 146 valence electrons. The Hall–Kier alpha value is -4.32. The van der Waals surface area contributed by atoms with Crippen LogP contribution >= 0.6 is 0 Å². The highest BCUT2D eigenvalue weighted by Crippen LogP contribution is 2.30. The normalized spacial score (nSPS) is 10.8. The highest BCUT2D eigenvalue weighted by Gasteiger charge is 2.10. The predicted octanol–water partition coefficient (Wildman–Crippen LogP) is 5.74. The molecule has 0 amide bonds. The summed E-state index contributed by atoms with van der Waals surface area (Å²) in [5, 5.41) is 4.27. The lowest BCUT2D eigenvalue weighted by atomic mass is 10.1. The van der Waals surface area contributed by atoms with Crippen LogP contribution in [0, 0.1) is 0 Å². The quantitative estimate of drug-likeness (QED) is 0.331. The second-order valence-electron chi connectivity index (χ2n) is 6.86. The van der Waals surface area contributed by atoms with Crippen LogP contribution in [0.25, 0.3) is 22.3 Å². The van der Waals surface area contributed by atoms with Gasteiger partial charge in [-0.15, -0.1) is 0 Å². The summed E-state index contributed by atoms with van der Waals surface area (Å²) in [6, 6.07) is 27.2. The summed E-state index contributed by atoms with van der Waals surface area (Å²) in [6.07, 6.45) is 1.54. The molecule has 2 heterocycles. The van der Waals surface area contributed by atoms with Gasteiger partial charge < -0.3 is 20.8 Å². The molecule has 6 nitrogen and oxygen atoms in total. The topological polar surface area (TPSA) is 88.8 Å². The number of nitrogens with one attached hydrogen (secondary N) is 2. The summed E-state index contributed by atoms with van der Waals surface area (Å²) in [5.41, 5.74) is 10.2. The van der Waals surface area contributed by atoms with E-state index in [1.165, 1.54) is 6.33 Å². The van der Waals surface area contributed by atoms with Crippen LogP contribution in [0.2, 0.25) is 0 Å². The van der Waals surface area contributed by atoms with E-state index in [1.54, 1.807) is 0 Å². The summed E-state index contributed by atoms with van der Waals surface area (Å²) in [7, 11) is 0. The molecule has 0 atom stereocenters. The molecule has 0 spiro atoms. The standard InChI is InChI=1S/C24H19N5O/c25-17-7-4-6-16(12-17)22-14-21-23(26-15-27-24(21)29-22)28-18-8-5-11-20(13-18)30-19-9-2-1-3-10-19/h1-15H,25H2,(H2,26,27,28,29). The molecule has 5 aromatic rings. The fourth-order valence-electron chi connectivity index (χ4n) is 3.30. The first-order chi connectivity index (χ1) is 14.7. The first-order valence-electron chi connectivity index (χ1n) is 9.54. The maximum absolute atomic E-state index is 5.93. The summed E-state index contributed by atoms with van der Waals surface area (Å²) in [6.45, 7) is 0. The number of nitrogens with zero attached hydrogens (tertiary/aromatic N) is 2. The van der Waals surface area contributed by atoms with Gasteiger partial charge in [0.15, 0.2) is 0 Å². The number of hydrogen-bond donors (Lipinski definition) is 3. The number of hydrogen-bond acceptors (Lipinski definition) is 5. The predicted molar refractivity (Wildman–Crippen MR) is 120 cm³/mol. The maximum atomic E-state index is 5.93. The van der Waals surface area contributed by atoms with Crippen LogP contribution in [-0.2, 0) is 0 Å². The lowest BCUT2D eigenvalue weighted by Gasteiger charge is -2.09. The number of H-pyrrole nitrogens is 1. The minimum absolute atomic E-state index is 0.711. The molecule has 0 saturated heterocycles. The molecule has 0 aliphatic rings. The lowest BCUT2D eigenvalue weighted by Crippen LogP contribution is -1.95. The highest BCUT2D eigenvalue weighted by molar-refractivity contribution is 5.93. The molecule has 0 saturated carbocycles. The van der Waals surface area contributed by atoms with E-state index in [1.807, 2.05) is 84.9 Å². The van der Waals surface area contributed by atoms with E-state index < -0.39 is 0 Å². The van der Waals surface area contributed by atoms with Crippen molar-refractivity contribution in [1.29, 1.82) is 0 Å². The van der Waals surface area contributed by atoms with Crippen LogP contribution in [0.4, 0.5) is 17.2 Å². The van der Waals surface area contributed by atoms with Gasteiger partial charge in [-0.2, -0.15) is 0 Å². The van der Waals surface area contributed by atoms with E-state index in [9.17, 15) is 0 Å². The summed E-state index contributed by atoms with van der Waals surface area (Å²) >= 11 is 0. The number of benzene rings is 3. The van der Waals surface area contributed by atoms with E-state index in [-0.39, 0.29) is 0 Å². The van der Waals surface area contributed by atoms with Gasteiger partial charge in [-0.05, 0) is 42.5 Å². The summed E-state index contributed by atoms with van der Waals surface area (Å²) in [5.74, 6) is 2.24. The molecule has 2 aromatic heterocycles. The maximum Gasteiger partial charge on any atom is 0.143 e. The monoisotopic (exact) mass is 393 g/mol. The number of rotatable bonds is 5. The first-order valence-corrected chi connectivity index (χ1v) is 9.54. The average Bonchev–Trinajstić information content (AvgIpc) is 3.20. The van der Waals surface area contributed by atoms with Gasteiger partial charge in [0, 0.05) is 28.7 Å². The van der Waals surface area contributed by atoms with Crippen molar-refractivity contribution >= 4 is 28.2 Å². The van der Waals surface area contributed by atoms with Crippen LogP contribution in [0.1, 0.15) is 0 Å². The van der Waals surface area contributed by atoms with Crippen LogP contribution in [-0.4, -0.2) is 15.0 Å². The van der Waals surface area contributed by atoms with Gasteiger partial charge in [-0.3, -0.25) is 0 Å². The Labute approximate surface area is 173 Å². The molecule has 0 bridgehead atoms. The zero-order chi connectivity index (χ0) is 20.3. The van der Waals surface area contributed by atoms with Gasteiger partial charge in [-0.1, -0.05) is 36.4 Å². The van der Waals surface area contributed by atoms with Crippen molar-refractivity contribution in [2.24, 2.45) is 0 Å². The van der Waals surface area contributed by atoms with E-state index >= 15 is 0 Å². The Balaban J connectivity index is 1.45. The molecule has 0 aliphatic heterocycles. The number of anilines is 3. The number of aromatic amines is 1. The van der Waals surface area contributed by atoms with Gasteiger partial charge in [0.1, 0.15) is 29.3 Å². The van der Waals surface area contributed by atoms with Crippen molar-refractivity contribution in [2.75, 3.05) is 11.1 Å². The molecule has 0 radical (unpaired) electrons. The largest absolute Gasteiger partial charge is 0.457 e. The van der Waals surface area contributed by atoms with Crippen molar-refractivity contribution in [3.63, 3.8) is 0 Å². The van der Waals surface area contributed by atoms with E-state index in [0.29, 0.717) is 11.5 Å². The van der Waals surface area contributed by atoms with Gasteiger partial charge in [0.05, 0.1) is 5.39 Å². The van der Waals surface area contributed by atoms with Gasteiger partial charge in [0.25, 0.3) is 0 Å². The molecule has 3 aromatic carbocycles. The van der Waals surface area contributed by atoms with E-state index in [0.717, 1.165) is 39.5 Å². The third kappa shape index (κ3) is 3.66. The number of nitrogen functional groups attached to an aromatic ring is 1.